The Labute approximate surface area is 100 Å². The van der Waals surface area contributed by atoms with E-state index in [0.717, 1.165) is 12.1 Å². The molecule has 0 aromatic carbocycles. The minimum Gasteiger partial charge on any atom is -0.397 e. The monoisotopic (exact) mass is 235 g/mol. The molecule has 3 N–H and O–H groups in total. The van der Waals surface area contributed by atoms with E-state index in [-0.39, 0.29) is 24.5 Å². The molecule has 2 heterocycles. The Morgan fingerprint density at radius 1 is 1.65 bits per heavy atom. The van der Waals surface area contributed by atoms with E-state index in [2.05, 4.69) is 10.3 Å². The van der Waals surface area contributed by atoms with Crippen LogP contribution in [0.3, 0.4) is 0 Å². The number of hydrogen-bond donors (Lipinski definition) is 2. The zero-order valence-corrected chi connectivity index (χ0v) is 9.85. The fraction of sp³-hybridized carbons (Fsp3) is 0.500. The number of pyridine rings is 1. The predicted octanol–water partition coefficient (Wildman–Crippen LogP) is 0.500. The maximum Gasteiger partial charge on any atom is 0.226 e. The molecule has 5 heteroatoms. The summed E-state index contributed by atoms with van der Waals surface area (Å²) in [6.45, 7) is 2.69. The molecule has 2 rings (SSSR count). The molecule has 2 atom stereocenters. The van der Waals surface area contributed by atoms with E-state index < -0.39 is 0 Å². The van der Waals surface area contributed by atoms with Gasteiger partial charge in [0.1, 0.15) is 0 Å². The molecule has 1 aromatic heterocycles. The highest BCUT2D eigenvalue weighted by Gasteiger charge is 2.25. The van der Waals surface area contributed by atoms with Gasteiger partial charge in [-0.25, -0.2) is 0 Å². The molecule has 0 saturated carbocycles. The molecule has 1 amide bonds. The summed E-state index contributed by atoms with van der Waals surface area (Å²) in [5.41, 5.74) is 6.86. The number of ether oxygens (including phenoxy) is 1. The molecule has 2 unspecified atom stereocenters. The second-order valence-electron chi connectivity index (χ2n) is 4.30. The van der Waals surface area contributed by atoms with E-state index in [9.17, 15) is 4.79 Å². The lowest BCUT2D eigenvalue weighted by atomic mass is 10.1. The van der Waals surface area contributed by atoms with Crippen LogP contribution >= 0.6 is 0 Å². The third kappa shape index (κ3) is 3.17. The van der Waals surface area contributed by atoms with Crippen LogP contribution in [0.4, 0.5) is 5.69 Å². The van der Waals surface area contributed by atoms with Gasteiger partial charge in [-0.05, 0) is 25.5 Å². The normalized spacial score (nSPS) is 23.6. The lowest BCUT2D eigenvalue weighted by Gasteiger charge is -2.15. The van der Waals surface area contributed by atoms with Crippen LogP contribution in [0, 0.1) is 0 Å². The van der Waals surface area contributed by atoms with Crippen LogP contribution in [0.1, 0.15) is 19.0 Å². The van der Waals surface area contributed by atoms with E-state index in [0.29, 0.717) is 12.3 Å². The van der Waals surface area contributed by atoms with Crippen molar-refractivity contribution in [1.29, 1.82) is 0 Å². The van der Waals surface area contributed by atoms with E-state index in [1.807, 2.05) is 6.92 Å². The number of nitrogens with two attached hydrogens (primary N) is 1. The Morgan fingerprint density at radius 3 is 3.06 bits per heavy atom. The Morgan fingerprint density at radius 2 is 2.47 bits per heavy atom. The number of nitrogens with zero attached hydrogens (tertiary/aromatic N) is 1. The van der Waals surface area contributed by atoms with Crippen LogP contribution < -0.4 is 11.1 Å². The van der Waals surface area contributed by atoms with Gasteiger partial charge < -0.3 is 15.8 Å². The molecule has 0 bridgehead atoms. The van der Waals surface area contributed by atoms with Crippen molar-refractivity contribution in [2.45, 2.75) is 31.9 Å². The number of nitrogen functional groups attached to an aromatic ring is 1. The number of aromatic nitrogens is 1. The highest BCUT2D eigenvalue weighted by molar-refractivity contribution is 5.78. The van der Waals surface area contributed by atoms with Crippen LogP contribution in [0.5, 0.6) is 0 Å². The zero-order chi connectivity index (χ0) is 12.3. The van der Waals surface area contributed by atoms with Gasteiger partial charge in [-0.2, -0.15) is 0 Å². The minimum atomic E-state index is -0.0235. The third-order valence-corrected chi connectivity index (χ3v) is 2.91. The van der Waals surface area contributed by atoms with Gasteiger partial charge in [0.25, 0.3) is 0 Å². The van der Waals surface area contributed by atoms with E-state index in [1.165, 1.54) is 0 Å². The summed E-state index contributed by atoms with van der Waals surface area (Å²) >= 11 is 0. The lowest BCUT2D eigenvalue weighted by molar-refractivity contribution is -0.121. The lowest BCUT2D eigenvalue weighted by Crippen LogP contribution is -2.40. The van der Waals surface area contributed by atoms with Crippen molar-refractivity contribution < 1.29 is 9.53 Å². The molecule has 0 radical (unpaired) electrons. The molecule has 1 aliphatic rings. The summed E-state index contributed by atoms with van der Waals surface area (Å²) in [6.07, 6.45) is 2.81. The summed E-state index contributed by atoms with van der Waals surface area (Å²) in [7, 11) is 0. The number of hydrogen-bond acceptors (Lipinski definition) is 4. The summed E-state index contributed by atoms with van der Waals surface area (Å²) in [5.74, 6) is -0.0235. The number of anilines is 1. The van der Waals surface area contributed by atoms with Gasteiger partial charge in [0.2, 0.25) is 5.91 Å². The average molecular weight is 235 g/mol. The molecule has 0 spiro atoms. The van der Waals surface area contributed by atoms with Crippen LogP contribution in [0.25, 0.3) is 0 Å². The molecular weight excluding hydrogens is 218 g/mol. The van der Waals surface area contributed by atoms with Crippen LogP contribution in [0.2, 0.25) is 0 Å². The van der Waals surface area contributed by atoms with Crippen molar-refractivity contribution in [1.82, 2.24) is 10.3 Å². The van der Waals surface area contributed by atoms with Crippen molar-refractivity contribution in [3.8, 4) is 0 Å². The van der Waals surface area contributed by atoms with E-state index >= 15 is 0 Å². The second-order valence-corrected chi connectivity index (χ2v) is 4.30. The van der Waals surface area contributed by atoms with Gasteiger partial charge in [-0.3, -0.25) is 9.78 Å². The topological polar surface area (TPSA) is 77.2 Å². The maximum absolute atomic E-state index is 11.8. The summed E-state index contributed by atoms with van der Waals surface area (Å²) in [4.78, 5) is 15.9. The summed E-state index contributed by atoms with van der Waals surface area (Å²) < 4.78 is 5.39. The highest BCUT2D eigenvalue weighted by Crippen LogP contribution is 2.12. The molecule has 17 heavy (non-hydrogen) atoms. The summed E-state index contributed by atoms with van der Waals surface area (Å²) in [6, 6.07) is 3.64. The smallest absolute Gasteiger partial charge is 0.226 e. The van der Waals surface area contributed by atoms with Gasteiger partial charge >= 0.3 is 0 Å². The number of carbonyl (C=O) groups excluding carboxylic acids is 1. The largest absolute Gasteiger partial charge is 0.397 e. The first-order valence-electron chi connectivity index (χ1n) is 5.76. The number of amides is 1. The van der Waals surface area contributed by atoms with Gasteiger partial charge in [0.15, 0.2) is 0 Å². The van der Waals surface area contributed by atoms with Crippen molar-refractivity contribution in [2.75, 3.05) is 12.3 Å². The molecule has 1 aliphatic heterocycles. The fourth-order valence-electron chi connectivity index (χ4n) is 1.88. The molecule has 5 nitrogen and oxygen atoms in total. The van der Waals surface area contributed by atoms with E-state index in [1.54, 1.807) is 18.3 Å². The van der Waals surface area contributed by atoms with Crippen LogP contribution in [-0.2, 0) is 16.0 Å². The predicted molar refractivity (Wildman–Crippen MR) is 64.3 cm³/mol. The number of rotatable bonds is 3. The molecule has 92 valence electrons. The van der Waals surface area contributed by atoms with Gasteiger partial charge in [-0.1, -0.05) is 0 Å². The maximum atomic E-state index is 11.8. The number of carbonyl (C=O) groups is 1. The Bertz CT molecular complexity index is 391. The fourth-order valence-corrected chi connectivity index (χ4v) is 1.88. The standard InChI is InChI=1S/C12H17N3O2/c1-8-11(4-5-17-8)15-12(16)6-10-3-2-9(13)7-14-10/h2-3,7-8,11H,4-6,13H2,1H3,(H,15,16). The summed E-state index contributed by atoms with van der Waals surface area (Å²) in [5, 5.41) is 2.96. The quantitative estimate of drug-likeness (QED) is 0.799. The van der Waals surface area contributed by atoms with Gasteiger partial charge in [0.05, 0.1) is 30.5 Å². The third-order valence-electron chi connectivity index (χ3n) is 2.91. The second kappa shape index (κ2) is 5.14. The Balaban J connectivity index is 1.86. The molecule has 1 aromatic rings. The van der Waals surface area contributed by atoms with Crippen molar-refractivity contribution >= 4 is 11.6 Å². The molecule has 0 aliphatic carbocycles. The van der Waals surface area contributed by atoms with Crippen molar-refractivity contribution in [3.05, 3.63) is 24.0 Å². The molecule has 1 saturated heterocycles. The number of nitrogens with one attached hydrogen (secondary N) is 1. The highest BCUT2D eigenvalue weighted by atomic mass is 16.5. The molecule has 1 fully saturated rings. The first kappa shape index (κ1) is 11.9. The SMILES string of the molecule is CC1OCCC1NC(=O)Cc1ccc(N)cn1. The molecular formula is C12H17N3O2. The van der Waals surface area contributed by atoms with Crippen LogP contribution in [-0.4, -0.2) is 29.6 Å². The Kier molecular flexibility index (Phi) is 3.58. The van der Waals surface area contributed by atoms with Gasteiger partial charge in [0, 0.05) is 12.3 Å². The Hall–Kier alpha value is -1.62. The average Bonchev–Trinajstić information content (AvgIpc) is 2.68. The minimum absolute atomic E-state index is 0.0235. The van der Waals surface area contributed by atoms with Crippen molar-refractivity contribution in [3.63, 3.8) is 0 Å². The van der Waals surface area contributed by atoms with Crippen molar-refractivity contribution in [2.24, 2.45) is 0 Å². The van der Waals surface area contributed by atoms with Crippen LogP contribution in [0.15, 0.2) is 18.3 Å². The first-order valence-corrected chi connectivity index (χ1v) is 5.76. The van der Waals surface area contributed by atoms with E-state index in [4.69, 9.17) is 10.5 Å². The van der Waals surface area contributed by atoms with Gasteiger partial charge in [-0.15, -0.1) is 0 Å². The zero-order valence-electron chi connectivity index (χ0n) is 9.85. The first-order chi connectivity index (χ1) is 8.15.